The van der Waals surface area contributed by atoms with Crippen LogP contribution in [0, 0.1) is 0 Å². The Morgan fingerprint density at radius 3 is 2.39 bits per heavy atom. The molecule has 2 fully saturated rings. The Kier molecular flexibility index (Phi) is 7.19. The van der Waals surface area contributed by atoms with Crippen molar-refractivity contribution in [2.24, 2.45) is 0 Å². The molecule has 9 nitrogen and oxygen atoms in total. The van der Waals surface area contributed by atoms with Crippen molar-refractivity contribution in [1.82, 2.24) is 19.5 Å². The minimum atomic E-state index is -1.22. The number of carbonyl (C=O) groups is 2. The van der Waals surface area contributed by atoms with Gasteiger partial charge in [0.05, 0.1) is 11.8 Å². The highest BCUT2D eigenvalue weighted by Gasteiger charge is 2.23. The van der Waals surface area contributed by atoms with Gasteiger partial charge in [-0.25, -0.2) is 9.31 Å². The molecule has 9 heteroatoms. The number of nitrogens with zero attached hydrogens (tertiary/aromatic N) is 4. The maximum Gasteiger partial charge on any atom is 0.411 e. The quantitative estimate of drug-likeness (QED) is 0.599. The van der Waals surface area contributed by atoms with Crippen LogP contribution in [0.5, 0.6) is 0 Å². The van der Waals surface area contributed by atoms with E-state index in [2.05, 4.69) is 15.4 Å². The number of aromatic nitrogens is 3. The minimum Gasteiger partial charge on any atom is -0.465 e. The van der Waals surface area contributed by atoms with Crippen molar-refractivity contribution < 1.29 is 19.4 Å². The normalized spacial score (nSPS) is 15.6. The molecule has 174 valence electrons. The summed E-state index contributed by atoms with van der Waals surface area (Å²) in [6.07, 6.45) is 5.24. The number of likely N-dealkylation sites (tertiary alicyclic amines) is 1. The summed E-state index contributed by atoms with van der Waals surface area (Å²) >= 11 is 0. The minimum absolute atomic E-state index is 0.0113. The first-order valence-electron chi connectivity index (χ1n) is 11.4. The lowest BCUT2D eigenvalue weighted by Crippen LogP contribution is -2.40. The van der Waals surface area contributed by atoms with E-state index in [0.717, 1.165) is 24.1 Å². The highest BCUT2D eigenvalue weighted by Crippen LogP contribution is 2.23. The van der Waals surface area contributed by atoms with Crippen LogP contribution in [0.4, 0.5) is 10.7 Å². The molecule has 1 saturated carbocycles. The van der Waals surface area contributed by atoms with Crippen molar-refractivity contribution in [2.45, 2.75) is 45.1 Å². The molecule has 3 heterocycles. The molecular weight excluding hydrogens is 422 g/mol. The SMILES string of the molecule is C1CC1.CCOC1CCN(C(=O)c2ccc(-c3cccc4nc(NC(=O)O)nn34)cc2)CC1. The van der Waals surface area contributed by atoms with E-state index in [-0.39, 0.29) is 18.0 Å². The van der Waals surface area contributed by atoms with Gasteiger partial charge in [-0.15, -0.1) is 5.10 Å². The van der Waals surface area contributed by atoms with Gasteiger partial charge < -0.3 is 14.7 Å². The number of carbonyl (C=O) groups excluding carboxylic acids is 1. The molecule has 2 amide bonds. The predicted octanol–water partition coefficient (Wildman–Crippen LogP) is 4.30. The number of ether oxygens (including phenoxy) is 1. The topological polar surface area (TPSA) is 109 Å². The largest absolute Gasteiger partial charge is 0.465 e. The summed E-state index contributed by atoms with van der Waals surface area (Å²) in [7, 11) is 0. The molecule has 2 N–H and O–H groups in total. The number of rotatable bonds is 5. The maximum atomic E-state index is 12.8. The second-order valence-electron chi connectivity index (χ2n) is 8.13. The van der Waals surface area contributed by atoms with E-state index in [4.69, 9.17) is 9.84 Å². The Balaban J connectivity index is 0.000000799. The van der Waals surface area contributed by atoms with Gasteiger partial charge in [-0.3, -0.25) is 10.1 Å². The van der Waals surface area contributed by atoms with Crippen LogP contribution >= 0.6 is 0 Å². The fourth-order valence-corrected chi connectivity index (χ4v) is 3.70. The number of benzene rings is 1. The zero-order valence-electron chi connectivity index (χ0n) is 18.7. The molecule has 0 spiro atoms. The fourth-order valence-electron chi connectivity index (χ4n) is 3.70. The van der Waals surface area contributed by atoms with Gasteiger partial charge in [0.2, 0.25) is 0 Å². The molecule has 33 heavy (non-hydrogen) atoms. The van der Waals surface area contributed by atoms with Gasteiger partial charge in [0, 0.05) is 30.8 Å². The third-order valence-corrected chi connectivity index (χ3v) is 5.49. The van der Waals surface area contributed by atoms with Crippen LogP contribution in [-0.4, -0.2) is 62.4 Å². The third kappa shape index (κ3) is 5.87. The predicted molar refractivity (Wildman–Crippen MR) is 124 cm³/mol. The molecule has 2 aliphatic rings. The maximum absolute atomic E-state index is 12.8. The Morgan fingerprint density at radius 1 is 1.09 bits per heavy atom. The van der Waals surface area contributed by atoms with E-state index < -0.39 is 6.09 Å². The van der Waals surface area contributed by atoms with Crippen LogP contribution in [0.25, 0.3) is 16.9 Å². The highest BCUT2D eigenvalue weighted by atomic mass is 16.5. The van der Waals surface area contributed by atoms with E-state index in [1.807, 2.05) is 36.1 Å². The molecule has 5 rings (SSSR count). The molecule has 1 saturated heterocycles. The Hall–Kier alpha value is -3.46. The summed E-state index contributed by atoms with van der Waals surface area (Å²) < 4.78 is 7.22. The second-order valence-corrected chi connectivity index (χ2v) is 8.13. The van der Waals surface area contributed by atoms with Gasteiger partial charge in [0.1, 0.15) is 0 Å². The van der Waals surface area contributed by atoms with Crippen molar-refractivity contribution in [2.75, 3.05) is 25.0 Å². The number of piperidine rings is 1. The summed E-state index contributed by atoms with van der Waals surface area (Å²) in [5.74, 6) is 0.0283. The van der Waals surface area contributed by atoms with Crippen molar-refractivity contribution in [1.29, 1.82) is 0 Å². The van der Waals surface area contributed by atoms with E-state index in [1.54, 1.807) is 22.7 Å². The second kappa shape index (κ2) is 10.4. The lowest BCUT2D eigenvalue weighted by Gasteiger charge is -2.31. The lowest BCUT2D eigenvalue weighted by atomic mass is 10.0. The van der Waals surface area contributed by atoms with Gasteiger partial charge in [-0.2, -0.15) is 4.98 Å². The molecule has 1 aromatic carbocycles. The van der Waals surface area contributed by atoms with E-state index in [9.17, 15) is 9.59 Å². The standard InChI is InChI=1S/C21H23N5O4.C3H6/c1-2-30-16-10-12-25(13-11-16)19(27)15-8-6-14(7-9-15)17-4-3-5-18-22-20(23-21(28)29)24-26(17)18;1-2-3-1/h3-9,16H,2,10-13H2,1H3,(H,23,24)(H,28,29);1-3H2. The Labute approximate surface area is 192 Å². The number of fused-ring (bicyclic) bond motifs is 1. The van der Waals surface area contributed by atoms with Gasteiger partial charge in [-0.05, 0) is 44.0 Å². The highest BCUT2D eigenvalue weighted by molar-refractivity contribution is 5.94. The van der Waals surface area contributed by atoms with Gasteiger partial charge in [0.15, 0.2) is 5.65 Å². The van der Waals surface area contributed by atoms with Gasteiger partial charge >= 0.3 is 6.09 Å². The first-order valence-corrected chi connectivity index (χ1v) is 11.4. The number of hydrogen-bond donors (Lipinski definition) is 2. The van der Waals surface area contributed by atoms with Crippen molar-refractivity contribution in [3.63, 3.8) is 0 Å². The molecule has 0 atom stereocenters. The molecule has 1 aliphatic carbocycles. The fraction of sp³-hybridized carbons (Fsp3) is 0.417. The first kappa shape index (κ1) is 22.7. The Morgan fingerprint density at radius 2 is 1.79 bits per heavy atom. The third-order valence-electron chi connectivity index (χ3n) is 5.49. The molecule has 2 aromatic heterocycles. The summed E-state index contributed by atoms with van der Waals surface area (Å²) in [5, 5.41) is 15.2. The van der Waals surface area contributed by atoms with E-state index in [0.29, 0.717) is 30.9 Å². The van der Waals surface area contributed by atoms with Gasteiger partial charge in [0.25, 0.3) is 11.9 Å². The van der Waals surface area contributed by atoms with E-state index in [1.165, 1.54) is 19.3 Å². The summed E-state index contributed by atoms with van der Waals surface area (Å²) in [4.78, 5) is 29.7. The smallest absolute Gasteiger partial charge is 0.411 e. The van der Waals surface area contributed by atoms with Gasteiger partial charge in [-0.1, -0.05) is 37.5 Å². The number of anilines is 1. The van der Waals surface area contributed by atoms with Crippen molar-refractivity contribution in [3.8, 4) is 11.3 Å². The zero-order valence-corrected chi connectivity index (χ0v) is 18.7. The molecular formula is C24H29N5O4. The van der Waals surface area contributed by atoms with Crippen molar-refractivity contribution >= 4 is 23.6 Å². The Bertz CT molecular complexity index is 1100. The summed E-state index contributed by atoms with van der Waals surface area (Å²) in [5.41, 5.74) is 2.75. The molecule has 3 aromatic rings. The summed E-state index contributed by atoms with van der Waals surface area (Å²) in [6, 6.07) is 12.8. The van der Waals surface area contributed by atoms with Crippen LogP contribution in [0.3, 0.4) is 0 Å². The average molecular weight is 452 g/mol. The van der Waals surface area contributed by atoms with Crippen molar-refractivity contribution in [3.05, 3.63) is 48.0 Å². The molecule has 0 radical (unpaired) electrons. The van der Waals surface area contributed by atoms with Crippen LogP contribution in [0.15, 0.2) is 42.5 Å². The lowest BCUT2D eigenvalue weighted by molar-refractivity contribution is 0.0146. The number of amides is 2. The molecule has 1 aliphatic heterocycles. The van der Waals surface area contributed by atoms with Crippen LogP contribution in [0.2, 0.25) is 0 Å². The number of carboxylic acid groups (broad SMARTS) is 1. The monoisotopic (exact) mass is 451 g/mol. The van der Waals surface area contributed by atoms with Crippen LogP contribution in [0.1, 0.15) is 49.4 Å². The zero-order chi connectivity index (χ0) is 23.2. The molecule has 0 bridgehead atoms. The van der Waals surface area contributed by atoms with Crippen LogP contribution in [-0.2, 0) is 4.74 Å². The summed E-state index contributed by atoms with van der Waals surface area (Å²) in [6.45, 7) is 4.08. The first-order chi connectivity index (χ1) is 16.0. The van der Waals surface area contributed by atoms with Crippen LogP contribution < -0.4 is 5.32 Å². The number of pyridine rings is 1. The van der Waals surface area contributed by atoms with E-state index >= 15 is 0 Å². The molecule has 0 unspecified atom stereocenters. The number of nitrogens with one attached hydrogen (secondary N) is 1. The average Bonchev–Trinajstić information content (AvgIpc) is 3.65. The number of hydrogen-bond acceptors (Lipinski definition) is 5.